The second-order valence-corrected chi connectivity index (χ2v) is 4.46. The SMILES string of the molecule is CC(C)Cc1cccc2c1CCC2=O. The lowest BCUT2D eigenvalue weighted by atomic mass is 9.96. The van der Waals surface area contributed by atoms with E-state index >= 15 is 0 Å². The highest BCUT2D eigenvalue weighted by molar-refractivity contribution is 6.00. The first-order valence-corrected chi connectivity index (χ1v) is 5.32. The lowest BCUT2D eigenvalue weighted by molar-refractivity contribution is 0.0994. The van der Waals surface area contributed by atoms with Crippen molar-refractivity contribution in [3.8, 4) is 0 Å². The molecule has 0 aliphatic heterocycles. The summed E-state index contributed by atoms with van der Waals surface area (Å²) in [5.74, 6) is 0.989. The number of hydrogen-bond acceptors (Lipinski definition) is 1. The molecule has 1 heteroatoms. The molecule has 0 bridgehead atoms. The molecule has 0 unspecified atom stereocenters. The van der Waals surface area contributed by atoms with Crippen LogP contribution < -0.4 is 0 Å². The number of rotatable bonds is 2. The van der Waals surface area contributed by atoms with E-state index in [0.29, 0.717) is 18.1 Å². The highest BCUT2D eigenvalue weighted by Crippen LogP contribution is 2.26. The summed E-state index contributed by atoms with van der Waals surface area (Å²) in [6, 6.07) is 6.14. The van der Waals surface area contributed by atoms with Gasteiger partial charge in [0.1, 0.15) is 0 Å². The van der Waals surface area contributed by atoms with Crippen LogP contribution in [-0.4, -0.2) is 5.78 Å². The average Bonchev–Trinajstić information content (AvgIpc) is 2.49. The van der Waals surface area contributed by atoms with E-state index in [4.69, 9.17) is 0 Å². The zero-order valence-corrected chi connectivity index (χ0v) is 8.84. The van der Waals surface area contributed by atoms with Gasteiger partial charge in [0.05, 0.1) is 0 Å². The van der Waals surface area contributed by atoms with Crippen LogP contribution in [0.25, 0.3) is 0 Å². The molecule has 0 fully saturated rings. The Kier molecular flexibility index (Phi) is 2.40. The van der Waals surface area contributed by atoms with Gasteiger partial charge in [0.2, 0.25) is 0 Å². The molecule has 0 saturated carbocycles. The van der Waals surface area contributed by atoms with Gasteiger partial charge in [-0.05, 0) is 29.9 Å². The molecular formula is C13H16O. The molecule has 0 aromatic heterocycles. The minimum absolute atomic E-state index is 0.325. The summed E-state index contributed by atoms with van der Waals surface area (Å²) in [6.07, 6.45) is 2.76. The lowest BCUT2D eigenvalue weighted by Gasteiger charge is -2.09. The zero-order valence-electron chi connectivity index (χ0n) is 8.84. The van der Waals surface area contributed by atoms with Crippen molar-refractivity contribution in [2.45, 2.75) is 33.1 Å². The van der Waals surface area contributed by atoms with Crippen LogP contribution in [0.2, 0.25) is 0 Å². The monoisotopic (exact) mass is 188 g/mol. The van der Waals surface area contributed by atoms with Gasteiger partial charge >= 0.3 is 0 Å². The smallest absolute Gasteiger partial charge is 0.163 e. The molecule has 74 valence electrons. The van der Waals surface area contributed by atoms with Gasteiger partial charge in [-0.3, -0.25) is 4.79 Å². The van der Waals surface area contributed by atoms with E-state index in [1.807, 2.05) is 12.1 Å². The lowest BCUT2D eigenvalue weighted by Crippen LogP contribution is -1.99. The summed E-state index contributed by atoms with van der Waals surface area (Å²) in [4.78, 5) is 11.5. The third-order valence-corrected chi connectivity index (χ3v) is 2.80. The maximum absolute atomic E-state index is 11.5. The molecule has 1 aliphatic rings. The molecule has 1 aliphatic carbocycles. The van der Waals surface area contributed by atoms with Crippen molar-refractivity contribution in [2.24, 2.45) is 5.92 Å². The largest absolute Gasteiger partial charge is 0.294 e. The van der Waals surface area contributed by atoms with Crippen molar-refractivity contribution in [2.75, 3.05) is 0 Å². The standard InChI is InChI=1S/C13H16O/c1-9(2)8-10-4-3-5-12-11(10)6-7-13(12)14/h3-5,9H,6-8H2,1-2H3. The number of fused-ring (bicyclic) bond motifs is 1. The zero-order chi connectivity index (χ0) is 10.1. The molecule has 0 atom stereocenters. The fourth-order valence-corrected chi connectivity index (χ4v) is 2.20. The van der Waals surface area contributed by atoms with Crippen LogP contribution in [-0.2, 0) is 12.8 Å². The number of carbonyl (C=O) groups excluding carboxylic acids is 1. The normalized spacial score (nSPS) is 14.9. The third kappa shape index (κ3) is 1.59. The molecule has 0 radical (unpaired) electrons. The Labute approximate surface area is 85.1 Å². The topological polar surface area (TPSA) is 17.1 Å². The molecule has 1 nitrogen and oxygen atoms in total. The molecular weight excluding hydrogens is 172 g/mol. The van der Waals surface area contributed by atoms with E-state index in [-0.39, 0.29) is 0 Å². The first-order chi connectivity index (χ1) is 6.68. The number of hydrogen-bond donors (Lipinski definition) is 0. The van der Waals surface area contributed by atoms with Gasteiger partial charge in [-0.25, -0.2) is 0 Å². The van der Waals surface area contributed by atoms with Crippen molar-refractivity contribution < 1.29 is 4.79 Å². The highest BCUT2D eigenvalue weighted by Gasteiger charge is 2.21. The molecule has 0 N–H and O–H groups in total. The second-order valence-electron chi connectivity index (χ2n) is 4.46. The summed E-state index contributed by atoms with van der Waals surface area (Å²) in [7, 11) is 0. The van der Waals surface area contributed by atoms with Crippen LogP contribution in [0.4, 0.5) is 0 Å². The van der Waals surface area contributed by atoms with Crippen molar-refractivity contribution >= 4 is 5.78 Å². The number of carbonyl (C=O) groups is 1. The maximum atomic E-state index is 11.5. The van der Waals surface area contributed by atoms with Gasteiger partial charge < -0.3 is 0 Å². The summed E-state index contributed by atoms with van der Waals surface area (Å²) >= 11 is 0. The van der Waals surface area contributed by atoms with Gasteiger partial charge in [0.15, 0.2) is 5.78 Å². The van der Waals surface area contributed by atoms with Crippen molar-refractivity contribution in [1.82, 2.24) is 0 Å². The summed E-state index contributed by atoms with van der Waals surface area (Å²) in [6.45, 7) is 4.44. The Balaban J connectivity index is 2.39. The van der Waals surface area contributed by atoms with Gasteiger partial charge in [0, 0.05) is 12.0 Å². The predicted molar refractivity (Wildman–Crippen MR) is 57.6 cm³/mol. The number of Topliss-reactive ketones (excluding diaryl/α,β-unsaturated/α-hetero) is 1. The molecule has 0 amide bonds. The fourth-order valence-electron chi connectivity index (χ4n) is 2.20. The molecule has 2 rings (SSSR count). The maximum Gasteiger partial charge on any atom is 0.163 e. The van der Waals surface area contributed by atoms with E-state index < -0.39 is 0 Å². The summed E-state index contributed by atoms with van der Waals surface area (Å²) in [5, 5.41) is 0. The van der Waals surface area contributed by atoms with Crippen LogP contribution in [0.5, 0.6) is 0 Å². The first-order valence-electron chi connectivity index (χ1n) is 5.32. The van der Waals surface area contributed by atoms with E-state index in [9.17, 15) is 4.79 Å². The second kappa shape index (κ2) is 3.56. The summed E-state index contributed by atoms with van der Waals surface area (Å²) in [5.41, 5.74) is 3.66. The number of ketones is 1. The molecule has 1 aromatic carbocycles. The Hall–Kier alpha value is -1.11. The van der Waals surface area contributed by atoms with Crippen molar-refractivity contribution in [3.05, 3.63) is 34.9 Å². The van der Waals surface area contributed by atoms with Crippen LogP contribution >= 0.6 is 0 Å². The van der Waals surface area contributed by atoms with E-state index in [1.54, 1.807) is 0 Å². The Morgan fingerprint density at radius 1 is 1.29 bits per heavy atom. The summed E-state index contributed by atoms with van der Waals surface area (Å²) < 4.78 is 0. The molecule has 1 aromatic rings. The van der Waals surface area contributed by atoms with Crippen LogP contribution in [0.1, 0.15) is 41.8 Å². The minimum atomic E-state index is 0.325. The van der Waals surface area contributed by atoms with Gasteiger partial charge in [-0.2, -0.15) is 0 Å². The minimum Gasteiger partial charge on any atom is -0.294 e. The van der Waals surface area contributed by atoms with Crippen LogP contribution in [0.15, 0.2) is 18.2 Å². The van der Waals surface area contributed by atoms with Crippen LogP contribution in [0, 0.1) is 5.92 Å². The van der Waals surface area contributed by atoms with Crippen molar-refractivity contribution in [3.63, 3.8) is 0 Å². The van der Waals surface area contributed by atoms with E-state index in [2.05, 4.69) is 19.9 Å². The first kappa shape index (κ1) is 9.45. The molecule has 0 spiro atoms. The number of benzene rings is 1. The van der Waals surface area contributed by atoms with Gasteiger partial charge in [-0.15, -0.1) is 0 Å². The van der Waals surface area contributed by atoms with Crippen molar-refractivity contribution in [1.29, 1.82) is 0 Å². The van der Waals surface area contributed by atoms with E-state index in [0.717, 1.165) is 18.4 Å². The van der Waals surface area contributed by atoms with E-state index in [1.165, 1.54) is 11.1 Å². The van der Waals surface area contributed by atoms with Gasteiger partial charge in [-0.1, -0.05) is 32.0 Å². The average molecular weight is 188 g/mol. The Bertz CT molecular complexity index is 363. The molecule has 0 heterocycles. The fraction of sp³-hybridized carbons (Fsp3) is 0.462. The Morgan fingerprint density at radius 3 is 2.79 bits per heavy atom. The van der Waals surface area contributed by atoms with Crippen LogP contribution in [0.3, 0.4) is 0 Å². The predicted octanol–water partition coefficient (Wildman–Crippen LogP) is 3.01. The Morgan fingerprint density at radius 2 is 2.07 bits per heavy atom. The van der Waals surface area contributed by atoms with Gasteiger partial charge in [0.25, 0.3) is 0 Å². The highest BCUT2D eigenvalue weighted by atomic mass is 16.1. The quantitative estimate of drug-likeness (QED) is 0.697. The molecule has 0 saturated heterocycles. The molecule has 14 heavy (non-hydrogen) atoms. The third-order valence-electron chi connectivity index (χ3n) is 2.80.